The summed E-state index contributed by atoms with van der Waals surface area (Å²) in [6, 6.07) is 4.35. The van der Waals surface area contributed by atoms with E-state index < -0.39 is 0 Å². The SMILES string of the molecule is CC(C)c1cc(Br)c2c(c1)C(O)C(C)C2. The van der Waals surface area contributed by atoms with E-state index in [1.165, 1.54) is 11.1 Å². The highest BCUT2D eigenvalue weighted by Crippen LogP contribution is 2.41. The molecular formula is C13H17BrO. The number of halogens is 1. The van der Waals surface area contributed by atoms with Gasteiger partial charge in [0.1, 0.15) is 0 Å². The predicted molar refractivity (Wildman–Crippen MR) is 66.1 cm³/mol. The topological polar surface area (TPSA) is 20.2 Å². The van der Waals surface area contributed by atoms with Gasteiger partial charge >= 0.3 is 0 Å². The van der Waals surface area contributed by atoms with E-state index in [4.69, 9.17) is 0 Å². The Kier molecular flexibility index (Phi) is 2.91. The number of fused-ring (bicyclic) bond motifs is 1. The fourth-order valence-electron chi connectivity index (χ4n) is 2.23. The lowest BCUT2D eigenvalue weighted by molar-refractivity contribution is 0.133. The van der Waals surface area contributed by atoms with E-state index in [1.54, 1.807) is 0 Å². The summed E-state index contributed by atoms with van der Waals surface area (Å²) in [6.07, 6.45) is 0.699. The van der Waals surface area contributed by atoms with Gasteiger partial charge in [-0.25, -0.2) is 0 Å². The van der Waals surface area contributed by atoms with E-state index >= 15 is 0 Å². The molecule has 0 amide bonds. The van der Waals surface area contributed by atoms with Gasteiger partial charge in [-0.05, 0) is 41.0 Å². The first-order valence-electron chi connectivity index (χ1n) is 5.51. The van der Waals surface area contributed by atoms with Crippen LogP contribution in [0.25, 0.3) is 0 Å². The molecule has 1 aliphatic carbocycles. The molecule has 82 valence electrons. The zero-order chi connectivity index (χ0) is 11.2. The van der Waals surface area contributed by atoms with E-state index in [1.807, 2.05) is 0 Å². The lowest BCUT2D eigenvalue weighted by Gasteiger charge is -2.12. The Balaban J connectivity index is 2.52. The van der Waals surface area contributed by atoms with Crippen LogP contribution in [0.4, 0.5) is 0 Å². The molecule has 0 radical (unpaired) electrons. The lowest BCUT2D eigenvalue weighted by Crippen LogP contribution is -2.01. The summed E-state index contributed by atoms with van der Waals surface area (Å²) in [7, 11) is 0. The fraction of sp³-hybridized carbons (Fsp3) is 0.538. The molecule has 0 aromatic heterocycles. The van der Waals surface area contributed by atoms with Crippen LogP contribution < -0.4 is 0 Å². The summed E-state index contributed by atoms with van der Waals surface area (Å²) in [5.74, 6) is 0.855. The van der Waals surface area contributed by atoms with Crippen molar-refractivity contribution < 1.29 is 5.11 Å². The fourth-order valence-corrected chi connectivity index (χ4v) is 2.89. The monoisotopic (exact) mass is 268 g/mol. The highest BCUT2D eigenvalue weighted by atomic mass is 79.9. The highest BCUT2D eigenvalue weighted by molar-refractivity contribution is 9.10. The molecule has 0 saturated carbocycles. The van der Waals surface area contributed by atoms with Crippen molar-refractivity contribution in [1.82, 2.24) is 0 Å². The Hall–Kier alpha value is -0.340. The molecule has 1 aromatic rings. The van der Waals surface area contributed by atoms with Crippen molar-refractivity contribution in [2.24, 2.45) is 5.92 Å². The minimum Gasteiger partial charge on any atom is -0.388 e. The van der Waals surface area contributed by atoms with Crippen LogP contribution in [-0.4, -0.2) is 5.11 Å². The van der Waals surface area contributed by atoms with Gasteiger partial charge in [0.05, 0.1) is 6.10 Å². The smallest absolute Gasteiger partial charge is 0.0821 e. The van der Waals surface area contributed by atoms with Gasteiger partial charge in [-0.2, -0.15) is 0 Å². The molecule has 2 rings (SSSR count). The lowest BCUT2D eigenvalue weighted by atomic mass is 9.98. The number of aliphatic hydroxyl groups is 1. The van der Waals surface area contributed by atoms with Crippen molar-refractivity contribution in [1.29, 1.82) is 0 Å². The molecule has 2 heteroatoms. The van der Waals surface area contributed by atoms with Gasteiger partial charge in [-0.3, -0.25) is 0 Å². The van der Waals surface area contributed by atoms with Crippen LogP contribution in [0, 0.1) is 5.92 Å². The van der Waals surface area contributed by atoms with Gasteiger partial charge in [0.25, 0.3) is 0 Å². The number of rotatable bonds is 1. The van der Waals surface area contributed by atoms with Gasteiger partial charge in [-0.15, -0.1) is 0 Å². The van der Waals surface area contributed by atoms with Crippen LogP contribution in [0.1, 0.15) is 49.5 Å². The van der Waals surface area contributed by atoms with Crippen molar-refractivity contribution in [3.8, 4) is 0 Å². The van der Waals surface area contributed by atoms with Crippen LogP contribution in [0.5, 0.6) is 0 Å². The van der Waals surface area contributed by atoms with Crippen LogP contribution >= 0.6 is 15.9 Å². The van der Waals surface area contributed by atoms with E-state index in [2.05, 4.69) is 48.8 Å². The molecular weight excluding hydrogens is 252 g/mol. The zero-order valence-corrected chi connectivity index (χ0v) is 11.0. The minimum absolute atomic E-state index is 0.282. The second-order valence-electron chi connectivity index (χ2n) is 4.85. The summed E-state index contributed by atoms with van der Waals surface area (Å²) < 4.78 is 1.16. The average molecular weight is 269 g/mol. The molecule has 1 N–H and O–H groups in total. The van der Waals surface area contributed by atoms with Gasteiger partial charge in [0.15, 0.2) is 0 Å². The minimum atomic E-state index is -0.282. The van der Waals surface area contributed by atoms with Crippen LogP contribution in [0.2, 0.25) is 0 Å². The van der Waals surface area contributed by atoms with Crippen LogP contribution in [-0.2, 0) is 6.42 Å². The molecule has 0 heterocycles. The third-order valence-electron chi connectivity index (χ3n) is 3.30. The first-order valence-corrected chi connectivity index (χ1v) is 6.30. The molecule has 0 spiro atoms. The second-order valence-corrected chi connectivity index (χ2v) is 5.71. The molecule has 0 fully saturated rings. The first kappa shape index (κ1) is 11.2. The quantitative estimate of drug-likeness (QED) is 0.822. The Morgan fingerprint density at radius 2 is 2.07 bits per heavy atom. The normalized spacial score (nSPS) is 24.7. The maximum Gasteiger partial charge on any atom is 0.0821 e. The Bertz CT molecular complexity index is 384. The summed E-state index contributed by atoms with van der Waals surface area (Å²) >= 11 is 3.61. The van der Waals surface area contributed by atoms with Gasteiger partial charge in [0, 0.05) is 4.47 Å². The van der Waals surface area contributed by atoms with E-state index in [0.29, 0.717) is 11.8 Å². The molecule has 1 aliphatic rings. The Morgan fingerprint density at radius 1 is 1.40 bits per heavy atom. The van der Waals surface area contributed by atoms with Crippen molar-refractivity contribution in [2.45, 2.75) is 39.2 Å². The Morgan fingerprint density at radius 3 is 2.67 bits per heavy atom. The second kappa shape index (κ2) is 3.91. The predicted octanol–water partition coefficient (Wildman–Crippen LogP) is 3.80. The van der Waals surface area contributed by atoms with Crippen molar-refractivity contribution in [2.75, 3.05) is 0 Å². The van der Waals surface area contributed by atoms with Crippen LogP contribution in [0.15, 0.2) is 16.6 Å². The number of benzene rings is 1. The number of hydrogen-bond donors (Lipinski definition) is 1. The molecule has 15 heavy (non-hydrogen) atoms. The maximum atomic E-state index is 10.1. The molecule has 0 saturated heterocycles. The standard InChI is InChI=1S/C13H17BrO/c1-7(2)9-5-11-10(12(14)6-9)4-8(3)13(11)15/h5-8,13,15H,4H2,1-3H3. The summed E-state index contributed by atoms with van der Waals surface area (Å²) in [5.41, 5.74) is 3.72. The summed E-state index contributed by atoms with van der Waals surface area (Å²) in [5, 5.41) is 10.1. The van der Waals surface area contributed by atoms with Crippen molar-refractivity contribution in [3.05, 3.63) is 33.3 Å². The van der Waals surface area contributed by atoms with Crippen LogP contribution in [0.3, 0.4) is 0 Å². The molecule has 0 bridgehead atoms. The van der Waals surface area contributed by atoms with E-state index in [0.717, 1.165) is 16.5 Å². The summed E-state index contributed by atoms with van der Waals surface area (Å²) in [4.78, 5) is 0. The van der Waals surface area contributed by atoms with E-state index in [-0.39, 0.29) is 6.10 Å². The number of hydrogen-bond acceptors (Lipinski definition) is 1. The Labute approximate surface area is 99.6 Å². The zero-order valence-electron chi connectivity index (χ0n) is 9.42. The largest absolute Gasteiger partial charge is 0.388 e. The third-order valence-corrected chi connectivity index (χ3v) is 4.01. The first-order chi connectivity index (χ1) is 7.00. The molecule has 1 nitrogen and oxygen atoms in total. The van der Waals surface area contributed by atoms with Gasteiger partial charge < -0.3 is 5.11 Å². The van der Waals surface area contributed by atoms with Crippen molar-refractivity contribution in [3.63, 3.8) is 0 Å². The van der Waals surface area contributed by atoms with Gasteiger partial charge in [0.2, 0.25) is 0 Å². The van der Waals surface area contributed by atoms with Gasteiger partial charge in [-0.1, -0.05) is 42.8 Å². The highest BCUT2D eigenvalue weighted by Gasteiger charge is 2.29. The molecule has 1 aromatic carbocycles. The third kappa shape index (κ3) is 1.85. The van der Waals surface area contributed by atoms with E-state index in [9.17, 15) is 5.11 Å². The molecule has 2 atom stereocenters. The molecule has 2 unspecified atom stereocenters. The molecule has 0 aliphatic heterocycles. The van der Waals surface area contributed by atoms with Crippen molar-refractivity contribution >= 4 is 15.9 Å². The maximum absolute atomic E-state index is 10.1. The summed E-state index contributed by atoms with van der Waals surface area (Å²) in [6.45, 7) is 6.46. The number of aliphatic hydroxyl groups excluding tert-OH is 1. The average Bonchev–Trinajstić information content (AvgIpc) is 2.45.